The van der Waals surface area contributed by atoms with Crippen LogP contribution in [-0.4, -0.2) is 56.4 Å². The lowest BCUT2D eigenvalue weighted by Gasteiger charge is -2.41. The minimum Gasteiger partial charge on any atom is -0.465 e. The van der Waals surface area contributed by atoms with E-state index in [4.69, 9.17) is 15.2 Å². The Morgan fingerprint density at radius 3 is 2.30 bits per heavy atom. The van der Waals surface area contributed by atoms with Gasteiger partial charge in [0, 0.05) is 19.2 Å². The van der Waals surface area contributed by atoms with Crippen LogP contribution in [-0.2, 0) is 14.3 Å². The number of carbonyl (C=O) groups excluding carboxylic acids is 1. The summed E-state index contributed by atoms with van der Waals surface area (Å²) in [4.78, 5) is 14.5. The number of carbonyl (C=O) groups is 1. The minimum atomic E-state index is -0.472. The highest BCUT2D eigenvalue weighted by atomic mass is 35.5. The van der Waals surface area contributed by atoms with Crippen LogP contribution in [0.5, 0.6) is 0 Å². The molecule has 0 aliphatic carbocycles. The van der Waals surface area contributed by atoms with Crippen LogP contribution in [0.25, 0.3) is 0 Å². The molecule has 120 valence electrons. The highest BCUT2D eigenvalue weighted by Gasteiger charge is 2.43. The Bertz CT molecular complexity index is 297. The van der Waals surface area contributed by atoms with Gasteiger partial charge in [-0.3, -0.25) is 4.79 Å². The molecule has 1 rings (SSSR count). The van der Waals surface area contributed by atoms with Crippen LogP contribution in [0.4, 0.5) is 0 Å². The van der Waals surface area contributed by atoms with Crippen molar-refractivity contribution in [2.75, 3.05) is 40.0 Å². The van der Waals surface area contributed by atoms with Crippen molar-refractivity contribution >= 4 is 18.4 Å². The molecule has 0 aromatic rings. The first-order valence-electron chi connectivity index (χ1n) is 7.00. The predicted octanol–water partition coefficient (Wildman–Crippen LogP) is 1.44. The lowest BCUT2D eigenvalue weighted by molar-refractivity contribution is -0.162. The molecule has 0 amide bonds. The highest BCUT2D eigenvalue weighted by Crippen LogP contribution is 2.33. The van der Waals surface area contributed by atoms with Crippen LogP contribution in [0.2, 0.25) is 0 Å². The maximum Gasteiger partial charge on any atom is 0.314 e. The van der Waals surface area contributed by atoms with Crippen LogP contribution < -0.4 is 5.73 Å². The van der Waals surface area contributed by atoms with Crippen molar-refractivity contribution in [1.29, 1.82) is 0 Å². The number of hydrogen-bond donors (Lipinski definition) is 1. The second kappa shape index (κ2) is 8.17. The average molecular weight is 309 g/mol. The second-order valence-electron chi connectivity index (χ2n) is 6.20. The molecule has 0 aromatic heterocycles. The number of nitrogens with two attached hydrogens (primary N) is 1. The lowest BCUT2D eigenvalue weighted by Crippen LogP contribution is -2.52. The van der Waals surface area contributed by atoms with Crippen LogP contribution in [0.3, 0.4) is 0 Å². The van der Waals surface area contributed by atoms with E-state index in [2.05, 4.69) is 4.90 Å². The van der Waals surface area contributed by atoms with E-state index in [0.29, 0.717) is 13.2 Å². The summed E-state index contributed by atoms with van der Waals surface area (Å²) >= 11 is 0. The smallest absolute Gasteiger partial charge is 0.314 e. The van der Waals surface area contributed by atoms with Crippen LogP contribution >= 0.6 is 12.4 Å². The van der Waals surface area contributed by atoms with Gasteiger partial charge >= 0.3 is 5.97 Å². The van der Waals surface area contributed by atoms with Crippen molar-refractivity contribution in [1.82, 2.24) is 4.90 Å². The normalized spacial score (nSPS) is 19.2. The molecule has 0 bridgehead atoms. The molecule has 5 nitrogen and oxygen atoms in total. The number of likely N-dealkylation sites (tertiary alicyclic amines) is 1. The zero-order chi connectivity index (χ0) is 14.5. The molecule has 0 spiro atoms. The third kappa shape index (κ3) is 5.56. The Balaban J connectivity index is 0.00000361. The lowest BCUT2D eigenvalue weighted by atomic mass is 9.78. The van der Waals surface area contributed by atoms with Gasteiger partial charge < -0.3 is 20.1 Å². The number of nitrogens with zero attached hydrogens (tertiary/aromatic N) is 1. The molecule has 0 unspecified atom stereocenters. The third-order valence-corrected chi connectivity index (χ3v) is 3.57. The van der Waals surface area contributed by atoms with Gasteiger partial charge in [0.15, 0.2) is 0 Å². The van der Waals surface area contributed by atoms with Gasteiger partial charge in [-0.05, 0) is 46.7 Å². The third-order valence-electron chi connectivity index (χ3n) is 3.57. The first-order chi connectivity index (χ1) is 8.83. The van der Waals surface area contributed by atoms with Gasteiger partial charge in [0.05, 0.1) is 18.6 Å². The highest BCUT2D eigenvalue weighted by molar-refractivity contribution is 5.85. The number of esters is 1. The molecule has 0 radical (unpaired) electrons. The monoisotopic (exact) mass is 308 g/mol. The molecule has 1 aliphatic rings. The number of rotatable bonds is 6. The average Bonchev–Trinajstić information content (AvgIpc) is 2.30. The van der Waals surface area contributed by atoms with Gasteiger partial charge in [0.2, 0.25) is 0 Å². The Hall–Kier alpha value is -0.360. The molecule has 1 fully saturated rings. The first kappa shape index (κ1) is 19.6. The summed E-state index contributed by atoms with van der Waals surface area (Å²) in [6.07, 6.45) is 1.55. The minimum absolute atomic E-state index is 0. The van der Waals surface area contributed by atoms with Gasteiger partial charge in [-0.2, -0.15) is 0 Å². The van der Waals surface area contributed by atoms with Gasteiger partial charge in [0.25, 0.3) is 0 Å². The molecule has 1 saturated heterocycles. The van der Waals surface area contributed by atoms with E-state index < -0.39 is 5.41 Å². The Kier molecular flexibility index (Phi) is 8.03. The van der Waals surface area contributed by atoms with Gasteiger partial charge in [-0.25, -0.2) is 0 Å². The zero-order valence-corrected chi connectivity index (χ0v) is 13.9. The second-order valence-corrected chi connectivity index (χ2v) is 6.20. The first-order valence-corrected chi connectivity index (χ1v) is 7.00. The van der Waals surface area contributed by atoms with Crippen LogP contribution in [0.15, 0.2) is 0 Å². The summed E-state index contributed by atoms with van der Waals surface area (Å²) in [5.74, 6) is -0.122. The molecule has 0 atom stereocenters. The van der Waals surface area contributed by atoms with Gasteiger partial charge in [-0.1, -0.05) is 0 Å². The summed E-state index contributed by atoms with van der Waals surface area (Å²) in [5, 5.41) is 0. The molecule has 1 heterocycles. The topological polar surface area (TPSA) is 64.8 Å². The van der Waals surface area contributed by atoms with Gasteiger partial charge in [-0.15, -0.1) is 12.4 Å². The van der Waals surface area contributed by atoms with E-state index in [1.54, 1.807) is 7.11 Å². The quantitative estimate of drug-likeness (QED) is 0.752. The molecular formula is C14H29ClN2O3. The summed E-state index contributed by atoms with van der Waals surface area (Å²) in [6.45, 7) is 9.31. The molecule has 6 heteroatoms. The number of ether oxygens (including phenoxy) is 2. The summed E-state index contributed by atoms with van der Waals surface area (Å²) < 4.78 is 10.5. The van der Waals surface area contributed by atoms with Crippen molar-refractivity contribution in [2.45, 2.75) is 39.2 Å². The summed E-state index contributed by atoms with van der Waals surface area (Å²) in [5.41, 5.74) is 5.37. The van der Waals surface area contributed by atoms with E-state index in [9.17, 15) is 4.79 Å². The van der Waals surface area contributed by atoms with Gasteiger partial charge in [0.1, 0.15) is 0 Å². The number of hydrogen-bond acceptors (Lipinski definition) is 5. The number of halogens is 1. The largest absolute Gasteiger partial charge is 0.465 e. The fourth-order valence-corrected chi connectivity index (χ4v) is 2.68. The molecule has 0 aromatic carbocycles. The number of piperidine rings is 1. The maximum atomic E-state index is 12.2. The summed E-state index contributed by atoms with van der Waals surface area (Å²) in [7, 11) is 1.64. The maximum absolute atomic E-state index is 12.2. The molecule has 20 heavy (non-hydrogen) atoms. The van der Waals surface area contributed by atoms with E-state index in [0.717, 1.165) is 32.5 Å². The van der Waals surface area contributed by atoms with Crippen molar-refractivity contribution in [3.05, 3.63) is 0 Å². The van der Waals surface area contributed by atoms with Crippen LogP contribution in [0.1, 0.15) is 33.6 Å². The fraction of sp³-hybridized carbons (Fsp3) is 0.929. The van der Waals surface area contributed by atoms with E-state index in [-0.39, 0.29) is 23.9 Å². The standard InChI is InChI=1S/C14H28N2O3.ClH/c1-5-19-12(17)14(11-18-4)6-8-16(9-7-14)10-13(2,3)15;/h5-11,15H2,1-4H3;1H. The van der Waals surface area contributed by atoms with E-state index >= 15 is 0 Å². The van der Waals surface area contributed by atoms with Crippen molar-refractivity contribution in [2.24, 2.45) is 11.1 Å². The SMILES string of the molecule is CCOC(=O)C1(COC)CCN(CC(C)(C)N)CC1.Cl. The fourth-order valence-electron chi connectivity index (χ4n) is 2.68. The number of methoxy groups -OCH3 is 1. The Morgan fingerprint density at radius 1 is 1.35 bits per heavy atom. The summed E-state index contributed by atoms with van der Waals surface area (Å²) in [6, 6.07) is 0. The Labute approximate surface area is 128 Å². The van der Waals surface area contributed by atoms with Crippen molar-refractivity contribution in [3.63, 3.8) is 0 Å². The van der Waals surface area contributed by atoms with Crippen LogP contribution in [0, 0.1) is 5.41 Å². The zero-order valence-electron chi connectivity index (χ0n) is 13.1. The predicted molar refractivity (Wildman–Crippen MR) is 82.1 cm³/mol. The molecular weight excluding hydrogens is 280 g/mol. The van der Waals surface area contributed by atoms with E-state index in [1.165, 1.54) is 0 Å². The Morgan fingerprint density at radius 2 is 1.90 bits per heavy atom. The molecule has 2 N–H and O–H groups in total. The van der Waals surface area contributed by atoms with Crippen molar-refractivity contribution in [3.8, 4) is 0 Å². The molecule has 0 saturated carbocycles. The van der Waals surface area contributed by atoms with E-state index in [1.807, 2.05) is 20.8 Å². The molecule has 1 aliphatic heterocycles. The van der Waals surface area contributed by atoms with Crippen molar-refractivity contribution < 1.29 is 14.3 Å².